The molecule has 1 amide bonds. The van der Waals surface area contributed by atoms with Crippen molar-refractivity contribution in [3.05, 3.63) is 59.2 Å². The largest absolute Gasteiger partial charge is 0.484 e. The van der Waals surface area contributed by atoms with Crippen LogP contribution in [0.2, 0.25) is 0 Å². The van der Waals surface area contributed by atoms with E-state index in [4.69, 9.17) is 4.74 Å². The van der Waals surface area contributed by atoms with Crippen molar-refractivity contribution in [2.24, 2.45) is 0 Å². The zero-order valence-electron chi connectivity index (χ0n) is 15.6. The second kappa shape index (κ2) is 8.36. The third-order valence-corrected chi connectivity index (χ3v) is 5.27. The molecule has 0 aromatic heterocycles. The molecule has 0 aliphatic carbocycles. The number of hydrogen-bond acceptors (Lipinski definition) is 4. The Labute approximate surface area is 155 Å². The second-order valence-corrected chi connectivity index (χ2v) is 8.44. The number of rotatable bonds is 7. The predicted octanol–water partition coefficient (Wildman–Crippen LogP) is 3.35. The highest BCUT2D eigenvalue weighted by atomic mass is 32.2. The molecule has 1 atom stereocenters. The molecule has 0 unspecified atom stereocenters. The monoisotopic (exact) mass is 375 g/mol. The van der Waals surface area contributed by atoms with E-state index in [-0.39, 0.29) is 23.5 Å². The van der Waals surface area contributed by atoms with Crippen molar-refractivity contribution in [1.82, 2.24) is 5.32 Å². The van der Waals surface area contributed by atoms with Crippen molar-refractivity contribution >= 4 is 15.7 Å². The quantitative estimate of drug-likeness (QED) is 0.805. The number of aryl methyl sites for hydroxylation is 2. The molecular formula is C20H25NO4S. The number of ether oxygens (including phenoxy) is 1. The minimum atomic E-state index is -3.23. The topological polar surface area (TPSA) is 72.5 Å². The van der Waals surface area contributed by atoms with Crippen molar-refractivity contribution in [1.29, 1.82) is 0 Å². The van der Waals surface area contributed by atoms with Crippen molar-refractivity contribution in [3.8, 4) is 5.75 Å². The minimum absolute atomic E-state index is 0.0676. The predicted molar refractivity (Wildman–Crippen MR) is 102 cm³/mol. The first-order valence-electron chi connectivity index (χ1n) is 8.50. The zero-order valence-corrected chi connectivity index (χ0v) is 16.4. The van der Waals surface area contributed by atoms with Crippen LogP contribution < -0.4 is 10.1 Å². The summed E-state index contributed by atoms with van der Waals surface area (Å²) in [5, 5.41) is 2.93. The maximum absolute atomic E-state index is 12.2. The highest BCUT2D eigenvalue weighted by molar-refractivity contribution is 7.90. The highest BCUT2D eigenvalue weighted by Gasteiger charge is 2.15. The molecule has 6 heteroatoms. The summed E-state index contributed by atoms with van der Waals surface area (Å²) in [6, 6.07) is 12.2. The Morgan fingerprint density at radius 2 is 1.77 bits per heavy atom. The molecular weight excluding hydrogens is 350 g/mol. The summed E-state index contributed by atoms with van der Waals surface area (Å²) in [7, 11) is -3.23. The van der Waals surface area contributed by atoms with Crippen molar-refractivity contribution in [3.63, 3.8) is 0 Å². The van der Waals surface area contributed by atoms with E-state index in [9.17, 15) is 13.2 Å². The van der Waals surface area contributed by atoms with E-state index in [1.54, 1.807) is 24.3 Å². The summed E-state index contributed by atoms with van der Waals surface area (Å²) in [6.07, 6.45) is 1.86. The standard InChI is InChI=1S/C20H25NO4S/c1-5-18(16-7-9-17(10-8-16)26(4,23)24)21-20(22)13-25-19-11-6-14(2)12-15(19)3/h6-12,18H,5,13H2,1-4H3,(H,21,22)/t18-/m1/s1. The number of benzene rings is 2. The third kappa shape index (κ3) is 5.33. The minimum Gasteiger partial charge on any atom is -0.484 e. The molecule has 2 aromatic rings. The van der Waals surface area contributed by atoms with Gasteiger partial charge in [-0.15, -0.1) is 0 Å². The Morgan fingerprint density at radius 1 is 1.12 bits per heavy atom. The molecule has 0 aliphatic heterocycles. The number of hydrogen-bond donors (Lipinski definition) is 1. The van der Waals surface area contributed by atoms with E-state index < -0.39 is 9.84 Å². The van der Waals surface area contributed by atoms with Gasteiger partial charge in [0.05, 0.1) is 10.9 Å². The fraction of sp³-hybridized carbons (Fsp3) is 0.350. The number of nitrogens with one attached hydrogen (secondary N) is 1. The third-order valence-electron chi connectivity index (χ3n) is 4.14. The smallest absolute Gasteiger partial charge is 0.258 e. The van der Waals surface area contributed by atoms with Gasteiger partial charge in [0.15, 0.2) is 16.4 Å². The van der Waals surface area contributed by atoms with Crippen LogP contribution in [0.15, 0.2) is 47.4 Å². The molecule has 26 heavy (non-hydrogen) atoms. The first kappa shape index (κ1) is 20.0. The summed E-state index contributed by atoms with van der Waals surface area (Å²) in [6.45, 7) is 5.84. The lowest BCUT2D eigenvalue weighted by Gasteiger charge is -2.18. The molecule has 5 nitrogen and oxygen atoms in total. The van der Waals surface area contributed by atoms with Gasteiger partial charge in [0, 0.05) is 6.26 Å². The van der Waals surface area contributed by atoms with Crippen LogP contribution in [0.3, 0.4) is 0 Å². The van der Waals surface area contributed by atoms with Gasteiger partial charge in [-0.2, -0.15) is 0 Å². The van der Waals surface area contributed by atoms with E-state index >= 15 is 0 Å². The molecule has 2 rings (SSSR count). The van der Waals surface area contributed by atoms with E-state index in [0.29, 0.717) is 12.2 Å². The molecule has 0 radical (unpaired) electrons. The van der Waals surface area contributed by atoms with Gasteiger partial charge in [0.1, 0.15) is 5.75 Å². The Balaban J connectivity index is 1.99. The van der Waals surface area contributed by atoms with Gasteiger partial charge >= 0.3 is 0 Å². The Morgan fingerprint density at radius 3 is 2.31 bits per heavy atom. The van der Waals surface area contributed by atoms with Crippen LogP contribution in [0.4, 0.5) is 0 Å². The Kier molecular flexibility index (Phi) is 6.42. The highest BCUT2D eigenvalue weighted by Crippen LogP contribution is 2.20. The first-order chi connectivity index (χ1) is 12.2. The van der Waals surface area contributed by atoms with Gasteiger partial charge in [-0.1, -0.05) is 36.8 Å². The van der Waals surface area contributed by atoms with Gasteiger partial charge < -0.3 is 10.1 Å². The Hall–Kier alpha value is -2.34. The number of carbonyl (C=O) groups is 1. The average Bonchev–Trinajstić information content (AvgIpc) is 2.58. The molecule has 0 aliphatic rings. The van der Waals surface area contributed by atoms with E-state index in [0.717, 1.165) is 16.7 Å². The summed E-state index contributed by atoms with van der Waals surface area (Å²) >= 11 is 0. The van der Waals surface area contributed by atoms with Crippen LogP contribution >= 0.6 is 0 Å². The van der Waals surface area contributed by atoms with Crippen LogP contribution in [0.25, 0.3) is 0 Å². The Bertz CT molecular complexity index is 873. The van der Waals surface area contributed by atoms with Crippen LogP contribution in [0.1, 0.15) is 36.1 Å². The fourth-order valence-electron chi connectivity index (χ4n) is 2.71. The zero-order chi connectivity index (χ0) is 19.3. The summed E-state index contributed by atoms with van der Waals surface area (Å²) in [4.78, 5) is 12.5. The molecule has 0 saturated carbocycles. The van der Waals surface area contributed by atoms with Crippen molar-refractivity contribution in [2.45, 2.75) is 38.1 Å². The fourth-order valence-corrected chi connectivity index (χ4v) is 3.34. The van der Waals surface area contributed by atoms with E-state index in [2.05, 4.69) is 5.32 Å². The van der Waals surface area contributed by atoms with Crippen LogP contribution in [-0.4, -0.2) is 27.2 Å². The second-order valence-electron chi connectivity index (χ2n) is 6.43. The number of carbonyl (C=O) groups excluding carboxylic acids is 1. The van der Waals surface area contributed by atoms with Crippen LogP contribution in [-0.2, 0) is 14.6 Å². The SMILES string of the molecule is CC[C@@H](NC(=O)COc1ccc(C)cc1C)c1ccc(S(C)(=O)=O)cc1. The summed E-state index contributed by atoms with van der Waals surface area (Å²) in [5.74, 6) is 0.473. The normalized spacial score (nSPS) is 12.5. The van der Waals surface area contributed by atoms with Gasteiger partial charge in [0.2, 0.25) is 0 Å². The maximum atomic E-state index is 12.2. The van der Waals surface area contributed by atoms with E-state index in [1.165, 1.54) is 6.26 Å². The lowest BCUT2D eigenvalue weighted by Crippen LogP contribution is -2.32. The van der Waals surface area contributed by atoms with Crippen LogP contribution in [0.5, 0.6) is 5.75 Å². The summed E-state index contributed by atoms with van der Waals surface area (Å²) < 4.78 is 28.7. The molecule has 0 fully saturated rings. The van der Waals surface area contributed by atoms with E-state index in [1.807, 2.05) is 39.0 Å². The molecule has 0 bridgehead atoms. The molecule has 0 saturated heterocycles. The molecule has 140 valence electrons. The number of amides is 1. The van der Waals surface area contributed by atoms with Crippen LogP contribution in [0, 0.1) is 13.8 Å². The van der Waals surface area contributed by atoms with Gasteiger partial charge in [-0.3, -0.25) is 4.79 Å². The molecule has 1 N–H and O–H groups in total. The summed E-state index contributed by atoms with van der Waals surface area (Å²) in [5.41, 5.74) is 2.99. The molecule has 0 spiro atoms. The lowest BCUT2D eigenvalue weighted by molar-refractivity contribution is -0.123. The number of sulfone groups is 1. The van der Waals surface area contributed by atoms with Gasteiger partial charge in [0.25, 0.3) is 5.91 Å². The average molecular weight is 375 g/mol. The van der Waals surface area contributed by atoms with Crippen molar-refractivity contribution in [2.75, 3.05) is 12.9 Å². The first-order valence-corrected chi connectivity index (χ1v) is 10.4. The van der Waals surface area contributed by atoms with Gasteiger partial charge in [-0.05, 0) is 49.6 Å². The van der Waals surface area contributed by atoms with Gasteiger partial charge in [-0.25, -0.2) is 8.42 Å². The van der Waals surface area contributed by atoms with Crippen molar-refractivity contribution < 1.29 is 17.9 Å². The maximum Gasteiger partial charge on any atom is 0.258 e. The molecule has 0 heterocycles. The molecule has 2 aromatic carbocycles. The lowest BCUT2D eigenvalue weighted by atomic mass is 10.0.